The quantitative estimate of drug-likeness (QED) is 0.806. The molecule has 1 N–H and O–H groups in total. The molecule has 0 aliphatic carbocycles. The van der Waals surface area contributed by atoms with Gasteiger partial charge in [0.25, 0.3) is 0 Å². The molecule has 1 aliphatic heterocycles. The Morgan fingerprint density at radius 1 is 1.12 bits per heavy atom. The van der Waals surface area contributed by atoms with Crippen molar-refractivity contribution in [3.63, 3.8) is 0 Å². The van der Waals surface area contributed by atoms with E-state index in [1.54, 1.807) is 0 Å². The topological polar surface area (TPSA) is 55.2 Å². The molecule has 0 fully saturated rings. The molecule has 0 amide bonds. The van der Waals surface area contributed by atoms with Crippen molar-refractivity contribution in [2.45, 2.75) is 58.5 Å². The van der Waals surface area contributed by atoms with Crippen molar-refractivity contribution in [2.75, 3.05) is 6.54 Å². The van der Waals surface area contributed by atoms with Crippen molar-refractivity contribution in [3.8, 4) is 0 Å². The Morgan fingerprint density at radius 3 is 1.88 bits per heavy atom. The maximum atomic E-state index is 6.01. The first-order chi connectivity index (χ1) is 7.52. The van der Waals surface area contributed by atoms with Gasteiger partial charge in [-0.1, -0.05) is 5.22 Å². The summed E-state index contributed by atoms with van der Waals surface area (Å²) in [5.74, 6) is -0.129. The van der Waals surface area contributed by atoms with Crippen molar-refractivity contribution < 1.29 is 9.05 Å². The minimum absolute atomic E-state index is 0.129. The molecule has 1 rings (SSSR count). The number of hydrogen-bond donors (Lipinski definition) is 1. The van der Waals surface area contributed by atoms with Crippen molar-refractivity contribution in [3.05, 3.63) is 0 Å². The van der Waals surface area contributed by atoms with Crippen LogP contribution in [-0.4, -0.2) is 23.5 Å². The lowest BCUT2D eigenvalue weighted by molar-refractivity contribution is 0.0672. The molecule has 1 atom stereocenters. The monoisotopic (exact) mass is 279 g/mol. The Hall–Kier alpha value is -0.0300. The van der Waals surface area contributed by atoms with E-state index >= 15 is 0 Å². The van der Waals surface area contributed by atoms with Gasteiger partial charge in [0.1, 0.15) is 5.78 Å². The van der Waals surface area contributed by atoms with Crippen molar-refractivity contribution in [2.24, 2.45) is 10.3 Å². The van der Waals surface area contributed by atoms with Crippen LogP contribution in [0.3, 0.4) is 0 Å². The van der Waals surface area contributed by atoms with E-state index in [4.69, 9.17) is 20.9 Å². The summed E-state index contributed by atoms with van der Waals surface area (Å²) in [4.78, 5) is 0. The van der Waals surface area contributed by atoms with Gasteiger partial charge in [0, 0.05) is 0 Å². The molecule has 17 heavy (non-hydrogen) atoms. The maximum absolute atomic E-state index is 6.01. The summed E-state index contributed by atoms with van der Waals surface area (Å²) in [6.45, 7) is 9.90. The predicted octanol–water partition coefficient (Wildman–Crippen LogP) is 3.22. The van der Waals surface area contributed by atoms with E-state index < -0.39 is 6.49 Å². The van der Waals surface area contributed by atoms with Crippen LogP contribution in [0.25, 0.3) is 0 Å². The average Bonchev–Trinajstić information content (AvgIpc) is 2.45. The summed E-state index contributed by atoms with van der Waals surface area (Å²) in [5, 5.41) is 7.67. The van der Waals surface area contributed by atoms with E-state index in [0.29, 0.717) is 6.54 Å². The lowest BCUT2D eigenvalue weighted by Gasteiger charge is -2.37. The fourth-order valence-corrected chi connectivity index (χ4v) is 5.31. The van der Waals surface area contributed by atoms with Gasteiger partial charge < -0.3 is 9.05 Å². The van der Waals surface area contributed by atoms with E-state index in [9.17, 15) is 0 Å². The van der Waals surface area contributed by atoms with Gasteiger partial charge >= 0.3 is 0 Å². The second-order valence-corrected chi connectivity index (χ2v) is 9.61. The zero-order valence-electron chi connectivity index (χ0n) is 11.4. The van der Waals surface area contributed by atoms with E-state index in [-0.39, 0.29) is 17.0 Å². The molecule has 0 radical (unpaired) electrons. The lowest BCUT2D eigenvalue weighted by atomic mass is 10.2. The Balaban J connectivity index is 2.88. The summed E-state index contributed by atoms with van der Waals surface area (Å²) in [5.41, 5.74) is 2.21. The fraction of sp³-hybridized carbons (Fsp3) is 1.00. The van der Waals surface area contributed by atoms with E-state index in [2.05, 4.69) is 15.8 Å². The summed E-state index contributed by atoms with van der Waals surface area (Å²) in [6.07, 6.45) is 0. The van der Waals surface area contributed by atoms with Crippen LogP contribution in [0.2, 0.25) is 0 Å². The molecule has 0 saturated carbocycles. The molecule has 0 aromatic carbocycles. The summed E-state index contributed by atoms with van der Waals surface area (Å²) < 4.78 is 12.0. The van der Waals surface area contributed by atoms with Crippen LogP contribution in [-0.2, 0) is 20.9 Å². The first-order valence-corrected chi connectivity index (χ1v) is 8.36. The smallest absolute Gasteiger partial charge is 0.215 e. The molecule has 1 heterocycles. The van der Waals surface area contributed by atoms with Gasteiger partial charge in [0.15, 0.2) is 0 Å². The largest absolute Gasteiger partial charge is 0.322 e. The molecule has 0 aromatic heterocycles. The number of nitrogens with zero attached hydrogens (tertiary/aromatic N) is 2. The van der Waals surface area contributed by atoms with Gasteiger partial charge in [0.05, 0.1) is 17.7 Å². The minimum atomic E-state index is -2.48. The van der Waals surface area contributed by atoms with E-state index in [0.717, 1.165) is 0 Å². The molecule has 7 heteroatoms. The zero-order chi connectivity index (χ0) is 13.3. The fourth-order valence-electron chi connectivity index (χ4n) is 1.35. The Bertz CT molecular complexity index is 318. The normalized spacial score (nSPS) is 21.6. The third-order valence-electron chi connectivity index (χ3n) is 1.72. The Labute approximate surface area is 109 Å². The molecule has 0 bridgehead atoms. The third kappa shape index (κ3) is 5.00. The highest BCUT2D eigenvalue weighted by molar-refractivity contribution is 8.10. The average molecular weight is 279 g/mol. The summed E-state index contributed by atoms with van der Waals surface area (Å²) >= 11 is 5.64. The highest BCUT2D eigenvalue weighted by Gasteiger charge is 2.39. The van der Waals surface area contributed by atoms with Gasteiger partial charge in [-0.05, 0) is 53.3 Å². The van der Waals surface area contributed by atoms with Crippen LogP contribution in [0.4, 0.5) is 0 Å². The van der Waals surface area contributed by atoms with Crippen molar-refractivity contribution in [1.82, 2.24) is 5.43 Å². The number of nitrogens with one attached hydrogen (secondary N) is 1. The molecule has 0 aromatic rings. The first kappa shape index (κ1) is 15.0. The second-order valence-electron chi connectivity index (χ2n) is 6.02. The Kier molecular flexibility index (Phi) is 4.35. The van der Waals surface area contributed by atoms with Gasteiger partial charge in [0.2, 0.25) is 6.49 Å². The molecular weight excluding hydrogens is 257 g/mol. The second kappa shape index (κ2) is 4.92. The maximum Gasteiger partial charge on any atom is 0.215 e. The van der Waals surface area contributed by atoms with Crippen molar-refractivity contribution >= 4 is 18.3 Å². The lowest BCUT2D eigenvalue weighted by Crippen LogP contribution is -2.33. The van der Waals surface area contributed by atoms with Gasteiger partial charge in [-0.2, -0.15) is 5.11 Å². The zero-order valence-corrected chi connectivity index (χ0v) is 13.1. The minimum Gasteiger partial charge on any atom is -0.322 e. The van der Waals surface area contributed by atoms with Crippen LogP contribution in [0.15, 0.2) is 10.3 Å². The highest BCUT2D eigenvalue weighted by Crippen LogP contribution is 2.58. The molecule has 0 spiro atoms. The van der Waals surface area contributed by atoms with Crippen molar-refractivity contribution in [1.29, 1.82) is 0 Å². The Morgan fingerprint density at radius 2 is 1.59 bits per heavy atom. The number of hydrogen-bond acceptors (Lipinski definition) is 6. The molecule has 1 aliphatic rings. The SMILES string of the molecule is CC(C)(C)OP(=S)(OC(C)(C)C)C1CN=NN1. The van der Waals surface area contributed by atoms with Gasteiger partial charge in [-0.3, -0.25) is 5.43 Å². The van der Waals surface area contributed by atoms with Crippen LogP contribution in [0, 0.1) is 0 Å². The molecule has 5 nitrogen and oxygen atoms in total. The van der Waals surface area contributed by atoms with E-state index in [1.165, 1.54) is 0 Å². The van der Waals surface area contributed by atoms with Gasteiger partial charge in [-0.15, -0.1) is 0 Å². The standard InChI is InChI=1S/C10H22N3O2PS/c1-9(2,3)14-16(17,15-10(4,5)6)8-7-11-13-12-8/h8H,7H2,1-6H3,(H,11,12). The van der Waals surface area contributed by atoms with Crippen LogP contribution in [0.1, 0.15) is 41.5 Å². The first-order valence-electron chi connectivity index (χ1n) is 5.65. The van der Waals surface area contributed by atoms with E-state index in [1.807, 2.05) is 41.5 Å². The van der Waals surface area contributed by atoms with Gasteiger partial charge in [-0.25, -0.2) is 0 Å². The van der Waals surface area contributed by atoms with Crippen LogP contribution < -0.4 is 5.43 Å². The number of rotatable bonds is 3. The van der Waals surface area contributed by atoms with Crippen LogP contribution in [0.5, 0.6) is 0 Å². The molecule has 1 unspecified atom stereocenters. The predicted molar refractivity (Wildman–Crippen MR) is 72.6 cm³/mol. The highest BCUT2D eigenvalue weighted by atomic mass is 32.5. The van der Waals surface area contributed by atoms with Crippen LogP contribution >= 0.6 is 6.49 Å². The molecule has 0 saturated heterocycles. The molecule has 100 valence electrons. The molecular formula is C10H22N3O2PS. The summed E-state index contributed by atoms with van der Waals surface area (Å²) in [7, 11) is 0. The summed E-state index contributed by atoms with van der Waals surface area (Å²) in [6, 6.07) is 0. The third-order valence-corrected chi connectivity index (χ3v) is 5.57.